The van der Waals surface area contributed by atoms with E-state index < -0.39 is 0 Å². The van der Waals surface area contributed by atoms with Gasteiger partial charge in [-0.05, 0) is 24.3 Å². The molecule has 0 rings (SSSR count). The molecule has 0 aliphatic carbocycles. The van der Waals surface area contributed by atoms with Gasteiger partial charge in [0.1, 0.15) is 0 Å². The first-order chi connectivity index (χ1) is 7.83. The third-order valence-electron chi connectivity index (χ3n) is 2.52. The van der Waals surface area contributed by atoms with Gasteiger partial charge in [-0.25, -0.2) is 0 Å². The first kappa shape index (κ1) is 19.0. The molecule has 0 aliphatic rings. The van der Waals surface area contributed by atoms with Crippen LogP contribution in [0.2, 0.25) is 0 Å². The molecule has 0 aromatic rings. The lowest BCUT2D eigenvalue weighted by Gasteiger charge is -1.95. The number of unbranched alkanes of at least 4 members (excludes halogenated alkanes) is 8. The fourth-order valence-electron chi connectivity index (χ4n) is 1.43. The molecule has 0 amide bonds. The largest absolute Gasteiger partial charge is 0.179 e. The monoisotopic (exact) mass is 264 g/mol. The van der Waals surface area contributed by atoms with Crippen molar-refractivity contribution in [2.75, 3.05) is 11.5 Å². The fourth-order valence-corrected chi connectivity index (χ4v) is 1.88. The molecule has 0 unspecified atom stereocenters. The van der Waals surface area contributed by atoms with Crippen LogP contribution >= 0.6 is 25.3 Å². The first-order valence-electron chi connectivity index (χ1n) is 7.05. The predicted octanol–water partition coefficient (Wildman–Crippen LogP) is 5.77. The smallest absolute Gasteiger partial charge is 0.00979 e. The van der Waals surface area contributed by atoms with E-state index in [-0.39, 0.29) is 0 Å². The lowest BCUT2D eigenvalue weighted by molar-refractivity contribution is 0.627. The summed E-state index contributed by atoms with van der Waals surface area (Å²) in [6, 6.07) is 0. The molecule has 0 saturated carbocycles. The SMILES string of the molecule is CCCCCCCCS.CCCCCCS. The second kappa shape index (κ2) is 21.0. The molecular weight excluding hydrogens is 232 g/mol. The highest BCUT2D eigenvalue weighted by Gasteiger charge is 1.86. The minimum Gasteiger partial charge on any atom is -0.179 e. The highest BCUT2D eigenvalue weighted by Crippen LogP contribution is 2.04. The zero-order valence-corrected chi connectivity index (χ0v) is 13.2. The number of thiol groups is 2. The number of hydrogen-bond donors (Lipinski definition) is 2. The molecule has 0 aromatic heterocycles. The maximum atomic E-state index is 4.15. The highest BCUT2D eigenvalue weighted by atomic mass is 32.1. The Balaban J connectivity index is 0. The number of rotatable bonds is 10. The number of hydrogen-bond acceptors (Lipinski definition) is 2. The van der Waals surface area contributed by atoms with Gasteiger partial charge in [-0.2, -0.15) is 25.3 Å². The van der Waals surface area contributed by atoms with Crippen molar-refractivity contribution in [1.82, 2.24) is 0 Å². The van der Waals surface area contributed by atoms with Crippen LogP contribution in [-0.2, 0) is 0 Å². The standard InChI is InChI=1S/C8H18S.C6H14S/c1-2-3-4-5-6-7-8-9;1-2-3-4-5-6-7/h9H,2-8H2,1H3;7H,2-6H2,1H3. The lowest BCUT2D eigenvalue weighted by Crippen LogP contribution is -1.78. The summed E-state index contributed by atoms with van der Waals surface area (Å²) in [5.74, 6) is 2.12. The molecule has 2 heteroatoms. The summed E-state index contributed by atoms with van der Waals surface area (Å²) in [7, 11) is 0. The topological polar surface area (TPSA) is 0 Å². The lowest BCUT2D eigenvalue weighted by atomic mass is 10.1. The van der Waals surface area contributed by atoms with Gasteiger partial charge in [0.25, 0.3) is 0 Å². The third-order valence-corrected chi connectivity index (χ3v) is 3.16. The van der Waals surface area contributed by atoms with Gasteiger partial charge >= 0.3 is 0 Å². The summed E-state index contributed by atoms with van der Waals surface area (Å²) < 4.78 is 0. The Morgan fingerprint density at radius 3 is 1.19 bits per heavy atom. The molecule has 0 nitrogen and oxygen atoms in total. The van der Waals surface area contributed by atoms with E-state index >= 15 is 0 Å². The zero-order chi connectivity index (χ0) is 12.5. The van der Waals surface area contributed by atoms with Crippen LogP contribution in [0.4, 0.5) is 0 Å². The average Bonchev–Trinajstić information content (AvgIpc) is 2.31. The Hall–Kier alpha value is 0.700. The van der Waals surface area contributed by atoms with Crippen molar-refractivity contribution in [1.29, 1.82) is 0 Å². The second-order valence-electron chi connectivity index (χ2n) is 4.28. The van der Waals surface area contributed by atoms with Crippen LogP contribution in [0.15, 0.2) is 0 Å². The summed E-state index contributed by atoms with van der Waals surface area (Å²) in [6.07, 6.45) is 13.6. The molecule has 0 N–H and O–H groups in total. The molecule has 100 valence electrons. The fraction of sp³-hybridized carbons (Fsp3) is 1.00. The molecular formula is C14H32S2. The van der Waals surface area contributed by atoms with Crippen molar-refractivity contribution >= 4 is 25.3 Å². The van der Waals surface area contributed by atoms with Crippen molar-refractivity contribution in [3.63, 3.8) is 0 Å². The van der Waals surface area contributed by atoms with Gasteiger partial charge in [0.15, 0.2) is 0 Å². The maximum absolute atomic E-state index is 4.15. The Bertz CT molecular complexity index is 84.7. The van der Waals surface area contributed by atoms with Crippen LogP contribution in [0.3, 0.4) is 0 Å². The van der Waals surface area contributed by atoms with Crippen molar-refractivity contribution in [3.8, 4) is 0 Å². The first-order valence-corrected chi connectivity index (χ1v) is 8.31. The average molecular weight is 265 g/mol. The normalized spacial score (nSPS) is 9.75. The van der Waals surface area contributed by atoms with E-state index in [1.807, 2.05) is 0 Å². The van der Waals surface area contributed by atoms with Gasteiger partial charge < -0.3 is 0 Å². The van der Waals surface area contributed by atoms with Crippen LogP contribution < -0.4 is 0 Å². The zero-order valence-electron chi connectivity index (χ0n) is 11.4. The van der Waals surface area contributed by atoms with E-state index in [9.17, 15) is 0 Å². The van der Waals surface area contributed by atoms with Crippen molar-refractivity contribution < 1.29 is 0 Å². The van der Waals surface area contributed by atoms with E-state index in [0.29, 0.717) is 0 Å². The minimum absolute atomic E-state index is 1.06. The van der Waals surface area contributed by atoms with E-state index in [1.165, 1.54) is 64.2 Å². The molecule has 0 bridgehead atoms. The van der Waals surface area contributed by atoms with E-state index in [4.69, 9.17) is 0 Å². The van der Waals surface area contributed by atoms with Crippen LogP contribution in [0.25, 0.3) is 0 Å². The third kappa shape index (κ3) is 24.1. The van der Waals surface area contributed by atoms with Gasteiger partial charge in [0.2, 0.25) is 0 Å². The maximum Gasteiger partial charge on any atom is -0.00979 e. The Morgan fingerprint density at radius 2 is 0.812 bits per heavy atom. The summed E-state index contributed by atoms with van der Waals surface area (Å²) in [5, 5.41) is 0. The van der Waals surface area contributed by atoms with Crippen LogP contribution in [0, 0.1) is 0 Å². The highest BCUT2D eigenvalue weighted by molar-refractivity contribution is 7.80. The molecule has 0 spiro atoms. The molecule has 16 heavy (non-hydrogen) atoms. The van der Waals surface area contributed by atoms with Crippen molar-refractivity contribution in [3.05, 3.63) is 0 Å². The summed E-state index contributed by atoms with van der Waals surface area (Å²) in [5.41, 5.74) is 0. The van der Waals surface area contributed by atoms with E-state index in [1.54, 1.807) is 0 Å². The minimum atomic E-state index is 1.06. The molecule has 0 saturated heterocycles. The van der Waals surface area contributed by atoms with Gasteiger partial charge in [-0.15, -0.1) is 0 Å². The van der Waals surface area contributed by atoms with Crippen LogP contribution in [0.1, 0.15) is 78.1 Å². The van der Waals surface area contributed by atoms with E-state index in [2.05, 4.69) is 39.1 Å². The van der Waals surface area contributed by atoms with Gasteiger partial charge in [-0.1, -0.05) is 65.2 Å². The summed E-state index contributed by atoms with van der Waals surface area (Å²) in [4.78, 5) is 0. The Morgan fingerprint density at radius 1 is 0.500 bits per heavy atom. The van der Waals surface area contributed by atoms with Crippen molar-refractivity contribution in [2.24, 2.45) is 0 Å². The summed E-state index contributed by atoms with van der Waals surface area (Å²) in [6.45, 7) is 4.47. The second-order valence-corrected chi connectivity index (χ2v) is 5.17. The van der Waals surface area contributed by atoms with Gasteiger partial charge in [0.05, 0.1) is 0 Å². The van der Waals surface area contributed by atoms with Crippen LogP contribution in [0.5, 0.6) is 0 Å². The Labute approximate surface area is 115 Å². The van der Waals surface area contributed by atoms with E-state index in [0.717, 1.165) is 11.5 Å². The molecule has 0 radical (unpaired) electrons. The Kier molecular flexibility index (Phi) is 25.0. The van der Waals surface area contributed by atoms with Crippen molar-refractivity contribution in [2.45, 2.75) is 78.1 Å². The van der Waals surface area contributed by atoms with Gasteiger partial charge in [-0.3, -0.25) is 0 Å². The molecule has 0 heterocycles. The molecule has 0 atom stereocenters. The molecule has 0 aliphatic heterocycles. The quantitative estimate of drug-likeness (QED) is 0.363. The van der Waals surface area contributed by atoms with Gasteiger partial charge in [0, 0.05) is 0 Å². The molecule has 0 fully saturated rings. The molecule has 0 aromatic carbocycles. The predicted molar refractivity (Wildman–Crippen MR) is 85.2 cm³/mol. The summed E-state index contributed by atoms with van der Waals surface area (Å²) >= 11 is 8.24. The van der Waals surface area contributed by atoms with Crippen LogP contribution in [-0.4, -0.2) is 11.5 Å².